The number of nitrogens with zero attached hydrogens (tertiary/aromatic N) is 2. The molecule has 0 radical (unpaired) electrons. The lowest BCUT2D eigenvalue weighted by Gasteiger charge is -2.10. The summed E-state index contributed by atoms with van der Waals surface area (Å²) in [6.07, 6.45) is 1.60. The van der Waals surface area contributed by atoms with Crippen LogP contribution in [-0.2, 0) is 0 Å². The van der Waals surface area contributed by atoms with Gasteiger partial charge in [0.15, 0.2) is 11.5 Å². The van der Waals surface area contributed by atoms with Gasteiger partial charge >= 0.3 is 0 Å². The highest BCUT2D eigenvalue weighted by molar-refractivity contribution is 5.51. The van der Waals surface area contributed by atoms with Gasteiger partial charge in [-0.25, -0.2) is 4.68 Å². The summed E-state index contributed by atoms with van der Waals surface area (Å²) in [5.41, 5.74) is 6.44. The van der Waals surface area contributed by atoms with Crippen molar-refractivity contribution in [2.45, 2.75) is 0 Å². The monoisotopic (exact) mass is 267 g/mol. The number of hydrogen-bond acceptors (Lipinski definition) is 4. The number of phenolic OH excluding ortho intramolecular Hbond substituents is 1. The molecule has 0 aliphatic heterocycles. The summed E-state index contributed by atoms with van der Waals surface area (Å²) in [5.74, 6) is 1.57. The summed E-state index contributed by atoms with van der Waals surface area (Å²) in [7, 11) is 0. The number of nitrogens with two attached hydrogens (primary N) is 1. The van der Waals surface area contributed by atoms with E-state index in [1.165, 1.54) is 4.68 Å². The van der Waals surface area contributed by atoms with E-state index in [0.29, 0.717) is 23.0 Å². The molecular formula is C15H13N3O2. The molecule has 5 heteroatoms. The zero-order valence-electron chi connectivity index (χ0n) is 10.6. The largest absolute Gasteiger partial charge is 0.504 e. The SMILES string of the molecule is Nc1ccnn1-c1ccc(Oc2ccccc2)c(O)c1. The zero-order valence-corrected chi connectivity index (χ0v) is 10.6. The van der Waals surface area contributed by atoms with Gasteiger partial charge in [0.25, 0.3) is 0 Å². The molecule has 1 heterocycles. The molecule has 2 aromatic carbocycles. The van der Waals surface area contributed by atoms with Crippen molar-refractivity contribution in [1.82, 2.24) is 9.78 Å². The Kier molecular flexibility index (Phi) is 3.01. The summed E-state index contributed by atoms with van der Waals surface area (Å²) < 4.78 is 7.13. The van der Waals surface area contributed by atoms with Gasteiger partial charge in [-0.2, -0.15) is 5.10 Å². The van der Waals surface area contributed by atoms with Gasteiger partial charge in [-0.1, -0.05) is 18.2 Å². The maximum Gasteiger partial charge on any atom is 0.169 e. The molecule has 0 amide bonds. The van der Waals surface area contributed by atoms with Crippen LogP contribution in [0.15, 0.2) is 60.8 Å². The smallest absolute Gasteiger partial charge is 0.169 e. The third-order valence-corrected chi connectivity index (χ3v) is 2.83. The molecule has 5 nitrogen and oxygen atoms in total. The van der Waals surface area contributed by atoms with E-state index in [0.717, 1.165) is 0 Å². The highest BCUT2D eigenvalue weighted by Crippen LogP contribution is 2.32. The molecule has 1 aromatic heterocycles. The van der Waals surface area contributed by atoms with Gasteiger partial charge in [0.05, 0.1) is 11.9 Å². The van der Waals surface area contributed by atoms with Crippen LogP contribution in [0.25, 0.3) is 5.69 Å². The first kappa shape index (κ1) is 12.1. The molecule has 0 atom stereocenters. The maximum atomic E-state index is 10.0. The molecule has 0 aliphatic rings. The number of benzene rings is 2. The fourth-order valence-electron chi connectivity index (χ4n) is 1.87. The Balaban J connectivity index is 1.90. The minimum atomic E-state index is 0.0289. The topological polar surface area (TPSA) is 73.3 Å². The molecule has 0 fully saturated rings. The Labute approximate surface area is 115 Å². The standard InChI is InChI=1S/C15H13N3O2/c16-15-8-9-17-18(15)11-6-7-14(13(19)10-11)20-12-4-2-1-3-5-12/h1-10,19H,16H2. The average molecular weight is 267 g/mol. The lowest BCUT2D eigenvalue weighted by atomic mass is 10.2. The number of nitrogen functional groups attached to an aromatic ring is 1. The molecule has 0 saturated carbocycles. The van der Waals surface area contributed by atoms with Crippen molar-refractivity contribution >= 4 is 5.82 Å². The Morgan fingerprint density at radius 2 is 1.85 bits per heavy atom. The first-order chi connectivity index (χ1) is 9.74. The summed E-state index contributed by atoms with van der Waals surface area (Å²) in [5, 5.41) is 14.1. The lowest BCUT2D eigenvalue weighted by molar-refractivity contribution is 0.411. The molecule has 20 heavy (non-hydrogen) atoms. The summed E-state index contributed by atoms with van der Waals surface area (Å²) in [6.45, 7) is 0. The second kappa shape index (κ2) is 4.97. The Morgan fingerprint density at radius 1 is 1.05 bits per heavy atom. The van der Waals surface area contributed by atoms with E-state index in [2.05, 4.69) is 5.10 Å². The minimum Gasteiger partial charge on any atom is -0.504 e. The number of para-hydroxylation sites is 1. The quantitative estimate of drug-likeness (QED) is 0.765. The van der Waals surface area contributed by atoms with E-state index >= 15 is 0 Å². The highest BCUT2D eigenvalue weighted by atomic mass is 16.5. The molecule has 0 bridgehead atoms. The van der Waals surface area contributed by atoms with Crippen LogP contribution in [0.3, 0.4) is 0 Å². The molecule has 0 spiro atoms. The van der Waals surface area contributed by atoms with Crippen molar-refractivity contribution in [3.63, 3.8) is 0 Å². The van der Waals surface area contributed by atoms with Gasteiger partial charge in [0, 0.05) is 12.1 Å². The third kappa shape index (κ3) is 2.29. The van der Waals surface area contributed by atoms with E-state index < -0.39 is 0 Å². The second-order valence-electron chi connectivity index (χ2n) is 4.24. The Morgan fingerprint density at radius 3 is 2.50 bits per heavy atom. The first-order valence-electron chi connectivity index (χ1n) is 6.10. The van der Waals surface area contributed by atoms with Crippen molar-refractivity contribution in [2.75, 3.05) is 5.73 Å². The minimum absolute atomic E-state index is 0.0289. The number of rotatable bonds is 3. The number of ether oxygens (including phenoxy) is 1. The Hall–Kier alpha value is -2.95. The lowest BCUT2D eigenvalue weighted by Crippen LogP contribution is -2.01. The van der Waals surface area contributed by atoms with Crippen molar-refractivity contribution in [3.05, 3.63) is 60.8 Å². The zero-order chi connectivity index (χ0) is 13.9. The van der Waals surface area contributed by atoms with Crippen LogP contribution in [0.5, 0.6) is 17.2 Å². The fourth-order valence-corrected chi connectivity index (χ4v) is 1.87. The van der Waals surface area contributed by atoms with Crippen molar-refractivity contribution in [3.8, 4) is 22.9 Å². The van der Waals surface area contributed by atoms with Gasteiger partial charge in [0.2, 0.25) is 0 Å². The van der Waals surface area contributed by atoms with Crippen molar-refractivity contribution in [1.29, 1.82) is 0 Å². The number of aromatic nitrogens is 2. The summed E-state index contributed by atoms with van der Waals surface area (Å²) >= 11 is 0. The van der Waals surface area contributed by atoms with Gasteiger partial charge in [-0.05, 0) is 24.3 Å². The number of anilines is 1. The highest BCUT2D eigenvalue weighted by Gasteiger charge is 2.08. The van der Waals surface area contributed by atoms with Crippen LogP contribution in [0.2, 0.25) is 0 Å². The molecule has 100 valence electrons. The molecule has 3 N–H and O–H groups in total. The molecular weight excluding hydrogens is 254 g/mol. The van der Waals surface area contributed by atoms with E-state index in [1.54, 1.807) is 30.5 Å². The van der Waals surface area contributed by atoms with Crippen LogP contribution >= 0.6 is 0 Å². The normalized spacial score (nSPS) is 10.4. The van der Waals surface area contributed by atoms with E-state index in [-0.39, 0.29) is 5.75 Å². The summed E-state index contributed by atoms with van der Waals surface area (Å²) in [4.78, 5) is 0. The average Bonchev–Trinajstić information content (AvgIpc) is 2.88. The van der Waals surface area contributed by atoms with Gasteiger partial charge in [-0.3, -0.25) is 0 Å². The maximum absolute atomic E-state index is 10.0. The number of phenols is 1. The van der Waals surface area contributed by atoms with E-state index in [9.17, 15) is 5.11 Å². The molecule has 0 unspecified atom stereocenters. The van der Waals surface area contributed by atoms with Crippen LogP contribution < -0.4 is 10.5 Å². The van der Waals surface area contributed by atoms with Crippen LogP contribution in [0, 0.1) is 0 Å². The molecule has 3 rings (SSSR count). The second-order valence-corrected chi connectivity index (χ2v) is 4.24. The first-order valence-corrected chi connectivity index (χ1v) is 6.10. The van der Waals surface area contributed by atoms with Crippen LogP contribution in [-0.4, -0.2) is 14.9 Å². The Bertz CT molecular complexity index is 723. The van der Waals surface area contributed by atoms with Gasteiger partial charge < -0.3 is 15.6 Å². The predicted molar refractivity (Wildman–Crippen MR) is 76.2 cm³/mol. The van der Waals surface area contributed by atoms with E-state index in [1.807, 2.05) is 30.3 Å². The number of hydrogen-bond donors (Lipinski definition) is 2. The molecule has 0 saturated heterocycles. The van der Waals surface area contributed by atoms with Gasteiger partial charge in [-0.15, -0.1) is 0 Å². The van der Waals surface area contributed by atoms with E-state index in [4.69, 9.17) is 10.5 Å². The third-order valence-electron chi connectivity index (χ3n) is 2.83. The van der Waals surface area contributed by atoms with Crippen LogP contribution in [0.1, 0.15) is 0 Å². The fraction of sp³-hybridized carbons (Fsp3) is 0. The molecule has 3 aromatic rings. The van der Waals surface area contributed by atoms with Gasteiger partial charge in [0.1, 0.15) is 11.6 Å². The summed E-state index contributed by atoms with van der Waals surface area (Å²) in [6, 6.07) is 16.0. The number of aromatic hydroxyl groups is 1. The molecule has 0 aliphatic carbocycles. The predicted octanol–water partition coefficient (Wildman–Crippen LogP) is 2.95. The van der Waals surface area contributed by atoms with Crippen LogP contribution in [0.4, 0.5) is 5.82 Å². The van der Waals surface area contributed by atoms with Crippen molar-refractivity contribution in [2.24, 2.45) is 0 Å². The van der Waals surface area contributed by atoms with Crippen molar-refractivity contribution < 1.29 is 9.84 Å².